The molecule has 1 atom stereocenters. The molecule has 1 amide bonds. The lowest BCUT2D eigenvalue weighted by atomic mass is 9.72. The maximum atomic E-state index is 12.8. The maximum Gasteiger partial charge on any atom is 0.234 e. The molecule has 0 spiro atoms. The van der Waals surface area contributed by atoms with Crippen molar-refractivity contribution in [3.63, 3.8) is 0 Å². The van der Waals surface area contributed by atoms with Crippen LogP contribution in [0.2, 0.25) is 0 Å². The summed E-state index contributed by atoms with van der Waals surface area (Å²) in [4.78, 5) is 12.8. The molecule has 0 aliphatic heterocycles. The van der Waals surface area contributed by atoms with Crippen molar-refractivity contribution in [3.05, 3.63) is 0 Å². The normalized spacial score (nSPS) is 20.3. The van der Waals surface area contributed by atoms with Crippen molar-refractivity contribution in [1.82, 2.24) is 5.32 Å². The second kappa shape index (κ2) is 8.22. The van der Waals surface area contributed by atoms with E-state index in [1.54, 1.807) is 0 Å². The molecule has 1 fully saturated rings. The van der Waals surface area contributed by atoms with Gasteiger partial charge in [-0.3, -0.25) is 4.79 Å². The van der Waals surface area contributed by atoms with Gasteiger partial charge in [0.05, 0.1) is 12.6 Å². The highest BCUT2D eigenvalue weighted by atomic mass is 16.5. The van der Waals surface area contributed by atoms with Crippen molar-refractivity contribution in [1.29, 1.82) is 0 Å². The van der Waals surface area contributed by atoms with Crippen LogP contribution in [-0.4, -0.2) is 36.2 Å². The summed E-state index contributed by atoms with van der Waals surface area (Å²) < 4.78 is 5.44. The fraction of sp³-hybridized carbons (Fsp3) is 0.867. The first-order valence-electron chi connectivity index (χ1n) is 7.84. The maximum absolute atomic E-state index is 12.8. The Kier molecular flexibility index (Phi) is 6.95. The number of carbonyl (C=O) groups excluding carboxylic acids is 1. The van der Waals surface area contributed by atoms with Crippen LogP contribution >= 0.6 is 0 Å². The molecule has 0 aromatic heterocycles. The SMILES string of the molecule is CCOCC(NC(=O)C1(C(N)=NO)CCCCC1)C(C)C. The number of rotatable bonds is 7. The summed E-state index contributed by atoms with van der Waals surface area (Å²) in [5, 5.41) is 15.2. The van der Waals surface area contributed by atoms with E-state index in [0.29, 0.717) is 26.1 Å². The largest absolute Gasteiger partial charge is 0.409 e. The Labute approximate surface area is 127 Å². The molecule has 1 aliphatic rings. The lowest BCUT2D eigenvalue weighted by Crippen LogP contribution is -2.55. The zero-order valence-electron chi connectivity index (χ0n) is 13.4. The highest BCUT2D eigenvalue weighted by Gasteiger charge is 2.44. The van der Waals surface area contributed by atoms with Gasteiger partial charge in [0.1, 0.15) is 5.41 Å². The predicted molar refractivity (Wildman–Crippen MR) is 82.2 cm³/mol. The number of hydrogen-bond donors (Lipinski definition) is 3. The van der Waals surface area contributed by atoms with Crippen LogP contribution in [0.25, 0.3) is 0 Å². The molecule has 1 unspecified atom stereocenters. The van der Waals surface area contributed by atoms with Gasteiger partial charge >= 0.3 is 0 Å². The molecule has 0 heterocycles. The van der Waals surface area contributed by atoms with Crippen LogP contribution in [0, 0.1) is 11.3 Å². The summed E-state index contributed by atoms with van der Waals surface area (Å²) in [6.45, 7) is 7.11. The standard InChI is InChI=1S/C15H29N3O3/c1-4-21-10-12(11(2)3)17-14(19)15(13(16)18-20)8-6-5-7-9-15/h11-12,20H,4-10H2,1-3H3,(H2,16,18)(H,17,19). The Bertz CT molecular complexity index is 363. The lowest BCUT2D eigenvalue weighted by molar-refractivity contribution is -0.130. The highest BCUT2D eigenvalue weighted by Crippen LogP contribution is 2.37. The van der Waals surface area contributed by atoms with E-state index >= 15 is 0 Å². The van der Waals surface area contributed by atoms with E-state index in [2.05, 4.69) is 10.5 Å². The Morgan fingerprint density at radius 2 is 2.00 bits per heavy atom. The monoisotopic (exact) mass is 299 g/mol. The van der Waals surface area contributed by atoms with Crippen molar-refractivity contribution in [2.24, 2.45) is 22.2 Å². The molecular formula is C15H29N3O3. The molecule has 1 rings (SSSR count). The molecule has 122 valence electrons. The molecule has 0 bridgehead atoms. The summed E-state index contributed by atoms with van der Waals surface area (Å²) in [6.07, 6.45) is 4.19. The van der Waals surface area contributed by atoms with Crippen LogP contribution in [0.1, 0.15) is 52.9 Å². The highest BCUT2D eigenvalue weighted by molar-refractivity contribution is 6.06. The third kappa shape index (κ3) is 4.33. The second-order valence-electron chi connectivity index (χ2n) is 6.11. The van der Waals surface area contributed by atoms with Crippen LogP contribution in [0.5, 0.6) is 0 Å². The number of ether oxygens (including phenoxy) is 1. The predicted octanol–water partition coefficient (Wildman–Crippen LogP) is 1.86. The fourth-order valence-electron chi connectivity index (χ4n) is 2.80. The van der Waals surface area contributed by atoms with Crippen molar-refractivity contribution < 1.29 is 14.7 Å². The zero-order chi connectivity index (χ0) is 15.9. The van der Waals surface area contributed by atoms with E-state index < -0.39 is 5.41 Å². The topological polar surface area (TPSA) is 96.9 Å². The first kappa shape index (κ1) is 17.8. The molecule has 1 saturated carbocycles. The molecule has 0 aromatic carbocycles. The Morgan fingerprint density at radius 1 is 1.38 bits per heavy atom. The van der Waals surface area contributed by atoms with Gasteiger partial charge in [0.25, 0.3) is 0 Å². The number of hydrogen-bond acceptors (Lipinski definition) is 4. The van der Waals surface area contributed by atoms with E-state index in [1.807, 2.05) is 20.8 Å². The molecule has 0 aromatic rings. The van der Waals surface area contributed by atoms with Crippen molar-refractivity contribution >= 4 is 11.7 Å². The molecule has 0 saturated heterocycles. The summed E-state index contributed by atoms with van der Waals surface area (Å²) in [5.74, 6) is 0.142. The Balaban J connectivity index is 2.85. The van der Waals surface area contributed by atoms with Crippen molar-refractivity contribution in [3.8, 4) is 0 Å². The van der Waals surface area contributed by atoms with E-state index in [1.165, 1.54) is 0 Å². The average Bonchev–Trinajstić information content (AvgIpc) is 2.50. The molecule has 4 N–H and O–H groups in total. The van der Waals surface area contributed by atoms with Gasteiger partial charge in [0.2, 0.25) is 5.91 Å². The van der Waals surface area contributed by atoms with Gasteiger partial charge < -0.3 is 21.0 Å². The summed E-state index contributed by atoms with van der Waals surface area (Å²) in [6, 6.07) is -0.0669. The van der Waals surface area contributed by atoms with Crippen LogP contribution in [0.3, 0.4) is 0 Å². The minimum absolute atomic E-state index is 0.0265. The Morgan fingerprint density at radius 3 is 2.48 bits per heavy atom. The summed E-state index contributed by atoms with van der Waals surface area (Å²) in [5.41, 5.74) is 4.97. The van der Waals surface area contributed by atoms with Crippen LogP contribution in [-0.2, 0) is 9.53 Å². The number of amidine groups is 1. The number of nitrogens with zero attached hydrogens (tertiary/aromatic N) is 1. The minimum atomic E-state index is -0.869. The third-order valence-electron chi connectivity index (χ3n) is 4.36. The van der Waals surface area contributed by atoms with Crippen LogP contribution in [0.15, 0.2) is 5.16 Å². The number of oxime groups is 1. The molecule has 6 heteroatoms. The van der Waals surface area contributed by atoms with Gasteiger partial charge in [-0.1, -0.05) is 38.3 Å². The first-order chi connectivity index (χ1) is 9.97. The minimum Gasteiger partial charge on any atom is -0.409 e. The summed E-state index contributed by atoms with van der Waals surface area (Å²) in [7, 11) is 0. The van der Waals surface area contributed by atoms with Crippen LogP contribution in [0.4, 0.5) is 0 Å². The molecule has 1 aliphatic carbocycles. The molecular weight excluding hydrogens is 270 g/mol. The van der Waals surface area contributed by atoms with Crippen molar-refractivity contribution in [2.75, 3.05) is 13.2 Å². The van der Waals surface area contributed by atoms with Gasteiger partial charge in [0, 0.05) is 6.61 Å². The Hall–Kier alpha value is -1.30. The van der Waals surface area contributed by atoms with Gasteiger partial charge in [-0.05, 0) is 25.7 Å². The van der Waals surface area contributed by atoms with E-state index in [4.69, 9.17) is 15.7 Å². The first-order valence-corrected chi connectivity index (χ1v) is 7.84. The fourth-order valence-corrected chi connectivity index (χ4v) is 2.80. The van der Waals surface area contributed by atoms with E-state index in [0.717, 1.165) is 19.3 Å². The van der Waals surface area contributed by atoms with Crippen molar-refractivity contribution in [2.45, 2.75) is 58.9 Å². The molecule has 21 heavy (non-hydrogen) atoms. The average molecular weight is 299 g/mol. The third-order valence-corrected chi connectivity index (χ3v) is 4.36. The van der Waals surface area contributed by atoms with Gasteiger partial charge in [-0.25, -0.2) is 0 Å². The van der Waals surface area contributed by atoms with E-state index in [-0.39, 0.29) is 23.7 Å². The number of nitrogens with one attached hydrogen (secondary N) is 1. The lowest BCUT2D eigenvalue weighted by Gasteiger charge is -2.36. The number of carbonyl (C=O) groups is 1. The van der Waals surface area contributed by atoms with E-state index in [9.17, 15) is 4.79 Å². The van der Waals surface area contributed by atoms with Crippen LogP contribution < -0.4 is 11.1 Å². The zero-order valence-corrected chi connectivity index (χ0v) is 13.4. The molecule has 6 nitrogen and oxygen atoms in total. The smallest absolute Gasteiger partial charge is 0.234 e. The van der Waals surface area contributed by atoms with Gasteiger partial charge in [-0.2, -0.15) is 0 Å². The number of amides is 1. The van der Waals surface area contributed by atoms with Gasteiger partial charge in [0.15, 0.2) is 5.84 Å². The van der Waals surface area contributed by atoms with Gasteiger partial charge in [-0.15, -0.1) is 0 Å². The summed E-state index contributed by atoms with van der Waals surface area (Å²) >= 11 is 0. The second-order valence-corrected chi connectivity index (χ2v) is 6.11. The quantitative estimate of drug-likeness (QED) is 0.289. The molecule has 0 radical (unpaired) electrons. The number of nitrogens with two attached hydrogens (primary N) is 1.